The maximum absolute atomic E-state index is 12.6. The summed E-state index contributed by atoms with van der Waals surface area (Å²) in [6.45, 7) is 10.8. The van der Waals surface area contributed by atoms with Crippen molar-refractivity contribution in [2.45, 2.75) is 71.6 Å². The van der Waals surface area contributed by atoms with Crippen molar-refractivity contribution < 1.29 is 19.1 Å². The van der Waals surface area contributed by atoms with E-state index >= 15 is 0 Å². The Labute approximate surface area is 163 Å². The van der Waals surface area contributed by atoms with E-state index in [9.17, 15) is 9.59 Å². The van der Waals surface area contributed by atoms with Crippen molar-refractivity contribution in [2.24, 2.45) is 0 Å². The Hall–Kier alpha value is -1.76. The van der Waals surface area contributed by atoms with Gasteiger partial charge in [0.2, 0.25) is 0 Å². The van der Waals surface area contributed by atoms with Crippen LogP contribution in [0, 0.1) is 0 Å². The third-order valence-electron chi connectivity index (χ3n) is 3.09. The van der Waals surface area contributed by atoms with Gasteiger partial charge in [0.15, 0.2) is 0 Å². The first-order valence-corrected chi connectivity index (χ1v) is 9.32. The van der Waals surface area contributed by atoms with Crippen LogP contribution >= 0.6 is 15.9 Å². The molecule has 0 aromatic heterocycles. The Morgan fingerprint density at radius 2 is 1.69 bits per heavy atom. The SMILES string of the molecule is CC(C)(C)OC(=O)CCC(Nc1cc(Br)ccc1N)C(=O)OC(C)(C)C. The number of rotatable bonds is 6. The zero-order chi connectivity index (χ0) is 20.1. The zero-order valence-corrected chi connectivity index (χ0v) is 17.9. The van der Waals surface area contributed by atoms with Gasteiger partial charge in [0.1, 0.15) is 17.2 Å². The molecule has 7 heteroatoms. The van der Waals surface area contributed by atoms with Crippen molar-refractivity contribution in [1.82, 2.24) is 0 Å². The van der Waals surface area contributed by atoms with Gasteiger partial charge in [0.25, 0.3) is 0 Å². The molecule has 0 aliphatic rings. The van der Waals surface area contributed by atoms with Gasteiger partial charge in [-0.25, -0.2) is 4.79 Å². The summed E-state index contributed by atoms with van der Waals surface area (Å²) in [6, 6.07) is 4.59. The minimum atomic E-state index is -0.724. The lowest BCUT2D eigenvalue weighted by atomic mass is 10.1. The predicted molar refractivity (Wildman–Crippen MR) is 107 cm³/mol. The molecule has 0 aliphatic carbocycles. The van der Waals surface area contributed by atoms with Crippen LogP contribution in [0.25, 0.3) is 0 Å². The second-order valence-electron chi connectivity index (χ2n) is 8.09. The number of benzene rings is 1. The standard InChI is InChI=1S/C19H29BrN2O4/c1-18(2,3)25-16(23)10-9-14(17(24)26-19(4,5)6)22-15-11-12(20)7-8-13(15)21/h7-8,11,14,22H,9-10,21H2,1-6H3. The molecule has 0 bridgehead atoms. The van der Waals surface area contributed by atoms with Gasteiger partial charge < -0.3 is 20.5 Å². The maximum Gasteiger partial charge on any atom is 0.329 e. The highest BCUT2D eigenvalue weighted by molar-refractivity contribution is 9.10. The highest BCUT2D eigenvalue weighted by Crippen LogP contribution is 2.25. The number of hydrogen-bond donors (Lipinski definition) is 2. The minimum Gasteiger partial charge on any atom is -0.460 e. The first kappa shape index (κ1) is 22.3. The molecule has 0 heterocycles. The summed E-state index contributed by atoms with van der Waals surface area (Å²) in [5.41, 5.74) is 5.87. The van der Waals surface area contributed by atoms with E-state index in [1.54, 1.807) is 53.7 Å². The van der Waals surface area contributed by atoms with Crippen molar-refractivity contribution in [3.05, 3.63) is 22.7 Å². The van der Waals surface area contributed by atoms with Gasteiger partial charge in [0.05, 0.1) is 11.4 Å². The number of anilines is 2. The fourth-order valence-corrected chi connectivity index (χ4v) is 2.48. The molecule has 1 atom stereocenters. The molecule has 146 valence electrons. The van der Waals surface area contributed by atoms with E-state index < -0.39 is 23.2 Å². The summed E-state index contributed by atoms with van der Waals surface area (Å²) in [5, 5.41) is 3.09. The number of hydrogen-bond acceptors (Lipinski definition) is 6. The van der Waals surface area contributed by atoms with E-state index in [-0.39, 0.29) is 18.8 Å². The lowest BCUT2D eigenvalue weighted by Crippen LogP contribution is -2.37. The van der Waals surface area contributed by atoms with Gasteiger partial charge in [-0.1, -0.05) is 15.9 Å². The molecule has 0 fully saturated rings. The molecule has 1 aromatic carbocycles. The quantitative estimate of drug-likeness (QED) is 0.518. The summed E-state index contributed by atoms with van der Waals surface area (Å²) in [7, 11) is 0. The van der Waals surface area contributed by atoms with Crippen molar-refractivity contribution in [3.8, 4) is 0 Å². The van der Waals surface area contributed by atoms with Gasteiger partial charge in [-0.15, -0.1) is 0 Å². The molecule has 1 rings (SSSR count). The molecular formula is C19H29BrN2O4. The minimum absolute atomic E-state index is 0.0854. The lowest BCUT2D eigenvalue weighted by molar-refractivity contribution is -0.157. The van der Waals surface area contributed by atoms with Gasteiger partial charge >= 0.3 is 11.9 Å². The van der Waals surface area contributed by atoms with Crippen LogP contribution in [0.3, 0.4) is 0 Å². The van der Waals surface area contributed by atoms with Crippen molar-refractivity contribution in [2.75, 3.05) is 11.1 Å². The maximum atomic E-state index is 12.6. The smallest absolute Gasteiger partial charge is 0.329 e. The van der Waals surface area contributed by atoms with Crippen LogP contribution in [0.15, 0.2) is 22.7 Å². The second-order valence-corrected chi connectivity index (χ2v) is 9.00. The van der Waals surface area contributed by atoms with E-state index in [1.807, 2.05) is 6.07 Å². The first-order valence-electron chi connectivity index (χ1n) is 8.53. The molecule has 0 saturated carbocycles. The topological polar surface area (TPSA) is 90.6 Å². The Morgan fingerprint density at radius 3 is 2.23 bits per heavy atom. The monoisotopic (exact) mass is 428 g/mol. The summed E-state index contributed by atoms with van der Waals surface area (Å²) in [5.74, 6) is -0.810. The Kier molecular flexibility index (Phi) is 7.50. The van der Waals surface area contributed by atoms with Gasteiger partial charge in [-0.2, -0.15) is 0 Å². The van der Waals surface area contributed by atoms with Crippen LogP contribution in [-0.2, 0) is 19.1 Å². The van der Waals surface area contributed by atoms with Gasteiger partial charge in [-0.05, 0) is 66.2 Å². The van der Waals surface area contributed by atoms with Crippen LogP contribution in [0.5, 0.6) is 0 Å². The molecule has 1 unspecified atom stereocenters. The fraction of sp³-hybridized carbons (Fsp3) is 0.579. The molecule has 3 N–H and O–H groups in total. The summed E-state index contributed by atoms with van der Waals surface area (Å²) in [6.07, 6.45) is 0.317. The van der Waals surface area contributed by atoms with Crippen LogP contribution in [0.2, 0.25) is 0 Å². The summed E-state index contributed by atoms with van der Waals surface area (Å²) >= 11 is 3.38. The van der Waals surface area contributed by atoms with Crippen LogP contribution in [0.4, 0.5) is 11.4 Å². The molecule has 0 spiro atoms. The van der Waals surface area contributed by atoms with Gasteiger partial charge in [-0.3, -0.25) is 4.79 Å². The normalized spacial score (nSPS) is 13.0. The highest BCUT2D eigenvalue weighted by atomic mass is 79.9. The molecular weight excluding hydrogens is 400 g/mol. The van der Waals surface area contributed by atoms with Crippen molar-refractivity contribution in [3.63, 3.8) is 0 Å². The predicted octanol–water partition coefficient (Wildman–Crippen LogP) is 4.28. The molecule has 0 amide bonds. The van der Waals surface area contributed by atoms with Gasteiger partial charge in [0, 0.05) is 10.9 Å². The lowest BCUT2D eigenvalue weighted by Gasteiger charge is -2.26. The number of carbonyl (C=O) groups excluding carboxylic acids is 2. The third kappa shape index (κ3) is 8.56. The van der Waals surface area contributed by atoms with Crippen LogP contribution in [-0.4, -0.2) is 29.2 Å². The molecule has 6 nitrogen and oxygen atoms in total. The number of nitrogens with two attached hydrogens (primary N) is 1. The first-order chi connectivity index (χ1) is 11.8. The zero-order valence-electron chi connectivity index (χ0n) is 16.3. The average Bonchev–Trinajstić information content (AvgIpc) is 2.43. The van der Waals surface area contributed by atoms with Crippen LogP contribution < -0.4 is 11.1 Å². The summed E-state index contributed by atoms with van der Waals surface area (Å²) < 4.78 is 11.6. The summed E-state index contributed by atoms with van der Waals surface area (Å²) in [4.78, 5) is 24.6. The molecule has 0 aliphatic heterocycles. The number of ether oxygens (including phenoxy) is 2. The third-order valence-corrected chi connectivity index (χ3v) is 3.59. The molecule has 1 aromatic rings. The number of carbonyl (C=O) groups is 2. The highest BCUT2D eigenvalue weighted by Gasteiger charge is 2.27. The van der Waals surface area contributed by atoms with E-state index in [1.165, 1.54) is 0 Å². The molecule has 26 heavy (non-hydrogen) atoms. The van der Waals surface area contributed by atoms with E-state index in [4.69, 9.17) is 15.2 Å². The Bertz CT molecular complexity index is 648. The van der Waals surface area contributed by atoms with Crippen LogP contribution in [0.1, 0.15) is 54.4 Å². The largest absolute Gasteiger partial charge is 0.460 e. The number of nitrogen functional groups attached to an aromatic ring is 1. The number of halogens is 1. The molecule has 0 radical (unpaired) electrons. The number of nitrogens with one attached hydrogen (secondary N) is 1. The number of esters is 2. The Balaban J connectivity index is 2.90. The molecule has 0 saturated heterocycles. The van der Waals surface area contributed by atoms with E-state index in [0.29, 0.717) is 11.4 Å². The van der Waals surface area contributed by atoms with E-state index in [2.05, 4.69) is 21.2 Å². The Morgan fingerprint density at radius 1 is 1.12 bits per heavy atom. The average molecular weight is 429 g/mol. The van der Waals surface area contributed by atoms with E-state index in [0.717, 1.165) is 4.47 Å². The van der Waals surface area contributed by atoms with Crippen molar-refractivity contribution in [1.29, 1.82) is 0 Å². The fourth-order valence-electron chi connectivity index (χ4n) is 2.12. The second kappa shape index (κ2) is 8.75. The van der Waals surface area contributed by atoms with Crippen molar-refractivity contribution >= 4 is 39.2 Å².